The van der Waals surface area contributed by atoms with E-state index in [1.807, 2.05) is 71.6 Å². The molecule has 0 radical (unpaired) electrons. The first-order valence-electron chi connectivity index (χ1n) is 10.8. The Morgan fingerprint density at radius 1 is 1.03 bits per heavy atom. The van der Waals surface area contributed by atoms with Crippen molar-refractivity contribution in [2.24, 2.45) is 5.92 Å². The number of amides is 2. The highest BCUT2D eigenvalue weighted by Crippen LogP contribution is 2.23. The summed E-state index contributed by atoms with van der Waals surface area (Å²) in [6.07, 6.45) is 2.42. The highest BCUT2D eigenvalue weighted by molar-refractivity contribution is 6.07. The topological polar surface area (TPSA) is 58.6 Å². The molecular formula is C26H28N2O3. The van der Waals surface area contributed by atoms with Crippen LogP contribution < -0.4 is 10.1 Å². The third-order valence-corrected chi connectivity index (χ3v) is 5.97. The number of hydrogen-bond acceptors (Lipinski definition) is 3. The van der Waals surface area contributed by atoms with Crippen molar-refractivity contribution in [2.45, 2.75) is 19.3 Å². The number of nitrogens with zero attached hydrogens (tertiary/aromatic N) is 1. The van der Waals surface area contributed by atoms with Crippen LogP contribution in [0.5, 0.6) is 5.75 Å². The summed E-state index contributed by atoms with van der Waals surface area (Å²) < 4.78 is 5.17. The molecule has 0 aliphatic carbocycles. The minimum atomic E-state index is -0.163. The molecule has 1 aliphatic rings. The monoisotopic (exact) mass is 416 g/mol. The molecular weight excluding hydrogens is 388 g/mol. The van der Waals surface area contributed by atoms with Crippen LogP contribution >= 0.6 is 0 Å². The Kier molecular flexibility index (Phi) is 6.51. The summed E-state index contributed by atoms with van der Waals surface area (Å²) in [6, 6.07) is 21.6. The molecule has 1 atom stereocenters. The molecule has 5 heteroatoms. The Hall–Kier alpha value is -3.34. The molecule has 0 spiro atoms. The van der Waals surface area contributed by atoms with E-state index in [4.69, 9.17) is 4.74 Å². The lowest BCUT2D eigenvalue weighted by Gasteiger charge is -2.32. The van der Waals surface area contributed by atoms with Crippen LogP contribution in [0.2, 0.25) is 0 Å². The number of nitrogens with one attached hydrogen (secondary N) is 1. The van der Waals surface area contributed by atoms with Crippen molar-refractivity contribution in [3.8, 4) is 5.75 Å². The van der Waals surface area contributed by atoms with Crippen molar-refractivity contribution >= 4 is 22.6 Å². The molecule has 4 rings (SSSR count). The highest BCUT2D eigenvalue weighted by Gasteiger charge is 2.29. The van der Waals surface area contributed by atoms with E-state index in [0.717, 1.165) is 41.3 Å². The van der Waals surface area contributed by atoms with Crippen molar-refractivity contribution in [1.29, 1.82) is 0 Å². The summed E-state index contributed by atoms with van der Waals surface area (Å²) in [4.78, 5) is 27.8. The second-order valence-corrected chi connectivity index (χ2v) is 8.01. The Balaban J connectivity index is 1.35. The zero-order valence-corrected chi connectivity index (χ0v) is 17.8. The van der Waals surface area contributed by atoms with Gasteiger partial charge in [0.2, 0.25) is 5.91 Å². The number of fused-ring (bicyclic) bond motifs is 1. The second-order valence-electron chi connectivity index (χ2n) is 8.01. The standard InChI is InChI=1S/C26H28N2O3/c1-31-22-13-11-19(12-14-22)15-16-27-25(29)21-8-5-17-28(18-21)26(30)24-10-4-7-20-6-2-3-9-23(20)24/h2-4,6-7,9-14,21H,5,8,15-18H2,1H3,(H,27,29)/t21-/m1/s1. The number of methoxy groups -OCH3 is 1. The number of rotatable bonds is 6. The predicted molar refractivity (Wildman–Crippen MR) is 122 cm³/mol. The van der Waals surface area contributed by atoms with Crippen molar-refractivity contribution in [1.82, 2.24) is 10.2 Å². The molecule has 0 unspecified atom stereocenters. The maximum atomic E-state index is 13.2. The fourth-order valence-electron chi connectivity index (χ4n) is 4.22. The number of likely N-dealkylation sites (tertiary alicyclic amines) is 1. The van der Waals surface area contributed by atoms with Gasteiger partial charge in [0.25, 0.3) is 5.91 Å². The summed E-state index contributed by atoms with van der Waals surface area (Å²) in [5.41, 5.74) is 1.86. The molecule has 3 aromatic rings. The SMILES string of the molecule is COc1ccc(CCNC(=O)[C@@H]2CCCN(C(=O)c3cccc4ccccc34)C2)cc1. The van der Waals surface area contributed by atoms with Crippen molar-refractivity contribution in [3.63, 3.8) is 0 Å². The van der Waals surface area contributed by atoms with Crippen molar-refractivity contribution in [2.75, 3.05) is 26.7 Å². The predicted octanol–water partition coefficient (Wildman–Crippen LogP) is 4.06. The van der Waals surface area contributed by atoms with Crippen LogP contribution in [-0.2, 0) is 11.2 Å². The maximum Gasteiger partial charge on any atom is 0.254 e. The first-order chi connectivity index (χ1) is 15.2. The lowest BCUT2D eigenvalue weighted by molar-refractivity contribution is -0.126. The molecule has 160 valence electrons. The fourth-order valence-corrected chi connectivity index (χ4v) is 4.22. The van der Waals surface area contributed by atoms with E-state index in [0.29, 0.717) is 25.2 Å². The van der Waals surface area contributed by atoms with Gasteiger partial charge in [-0.1, -0.05) is 48.5 Å². The van der Waals surface area contributed by atoms with Gasteiger partial charge in [0.15, 0.2) is 0 Å². The van der Waals surface area contributed by atoms with E-state index in [2.05, 4.69) is 5.32 Å². The fraction of sp³-hybridized carbons (Fsp3) is 0.308. The largest absolute Gasteiger partial charge is 0.497 e. The Labute approximate surface area is 183 Å². The second kappa shape index (κ2) is 9.65. The Morgan fingerprint density at radius 2 is 1.81 bits per heavy atom. The summed E-state index contributed by atoms with van der Waals surface area (Å²) in [7, 11) is 1.65. The minimum absolute atomic E-state index is 0.00697. The van der Waals surface area contributed by atoms with Gasteiger partial charge in [-0.15, -0.1) is 0 Å². The van der Waals surface area contributed by atoms with Gasteiger partial charge in [0.1, 0.15) is 5.75 Å². The molecule has 0 saturated carbocycles. The molecule has 1 N–H and O–H groups in total. The van der Waals surface area contributed by atoms with Gasteiger partial charge in [0, 0.05) is 25.2 Å². The molecule has 0 aromatic heterocycles. The van der Waals surface area contributed by atoms with Gasteiger partial charge in [-0.05, 0) is 53.8 Å². The van der Waals surface area contributed by atoms with Crippen LogP contribution in [-0.4, -0.2) is 43.5 Å². The summed E-state index contributed by atoms with van der Waals surface area (Å²) in [5.74, 6) is 0.700. The molecule has 5 nitrogen and oxygen atoms in total. The maximum absolute atomic E-state index is 13.2. The average molecular weight is 417 g/mol. The zero-order valence-electron chi connectivity index (χ0n) is 17.8. The van der Waals surface area contributed by atoms with E-state index in [1.165, 1.54) is 0 Å². The minimum Gasteiger partial charge on any atom is -0.497 e. The quantitative estimate of drug-likeness (QED) is 0.659. The molecule has 0 bridgehead atoms. The van der Waals surface area contributed by atoms with E-state index >= 15 is 0 Å². The van der Waals surface area contributed by atoms with Crippen molar-refractivity contribution < 1.29 is 14.3 Å². The van der Waals surface area contributed by atoms with Gasteiger partial charge in [-0.2, -0.15) is 0 Å². The number of piperidine rings is 1. The molecule has 1 saturated heterocycles. The number of ether oxygens (including phenoxy) is 1. The molecule has 3 aromatic carbocycles. The average Bonchev–Trinajstić information content (AvgIpc) is 2.83. The molecule has 1 aliphatic heterocycles. The molecule has 1 fully saturated rings. The van der Waals surface area contributed by atoms with E-state index in [9.17, 15) is 9.59 Å². The van der Waals surface area contributed by atoms with Crippen LogP contribution in [0.15, 0.2) is 66.7 Å². The van der Waals surface area contributed by atoms with Gasteiger partial charge in [-0.3, -0.25) is 9.59 Å². The number of benzene rings is 3. The number of hydrogen-bond donors (Lipinski definition) is 1. The number of carbonyl (C=O) groups excluding carboxylic acids is 2. The van der Waals surface area contributed by atoms with Gasteiger partial charge in [0.05, 0.1) is 13.0 Å². The third kappa shape index (κ3) is 4.88. The number of carbonyl (C=O) groups is 2. The smallest absolute Gasteiger partial charge is 0.254 e. The van der Waals surface area contributed by atoms with E-state index in [-0.39, 0.29) is 17.7 Å². The van der Waals surface area contributed by atoms with Crippen LogP contribution in [0.3, 0.4) is 0 Å². The summed E-state index contributed by atoms with van der Waals surface area (Å²) in [5, 5.41) is 5.06. The van der Waals surface area contributed by atoms with Crippen LogP contribution in [0.4, 0.5) is 0 Å². The zero-order chi connectivity index (χ0) is 21.6. The summed E-state index contributed by atoms with van der Waals surface area (Å²) >= 11 is 0. The molecule has 2 amide bonds. The van der Waals surface area contributed by atoms with Gasteiger partial charge in [-0.25, -0.2) is 0 Å². The van der Waals surface area contributed by atoms with Crippen LogP contribution in [0.25, 0.3) is 10.8 Å². The van der Waals surface area contributed by atoms with E-state index in [1.54, 1.807) is 7.11 Å². The van der Waals surface area contributed by atoms with Gasteiger partial charge >= 0.3 is 0 Å². The van der Waals surface area contributed by atoms with Crippen LogP contribution in [0, 0.1) is 5.92 Å². The van der Waals surface area contributed by atoms with E-state index < -0.39 is 0 Å². The lowest BCUT2D eigenvalue weighted by Crippen LogP contribution is -2.45. The Bertz CT molecular complexity index is 1060. The highest BCUT2D eigenvalue weighted by atomic mass is 16.5. The first kappa shape index (κ1) is 20.9. The van der Waals surface area contributed by atoms with Crippen molar-refractivity contribution in [3.05, 3.63) is 77.9 Å². The Morgan fingerprint density at radius 3 is 2.61 bits per heavy atom. The normalized spacial score (nSPS) is 16.2. The lowest BCUT2D eigenvalue weighted by atomic mass is 9.95. The molecule has 1 heterocycles. The molecule has 31 heavy (non-hydrogen) atoms. The summed E-state index contributed by atoms with van der Waals surface area (Å²) in [6.45, 7) is 1.74. The van der Waals surface area contributed by atoms with Gasteiger partial charge < -0.3 is 15.0 Å². The third-order valence-electron chi connectivity index (χ3n) is 5.97. The first-order valence-corrected chi connectivity index (χ1v) is 10.8. The van der Waals surface area contributed by atoms with Crippen LogP contribution in [0.1, 0.15) is 28.8 Å².